The maximum Gasteiger partial charge on any atom is 0.293 e. The highest BCUT2D eigenvalue weighted by Gasteiger charge is 2.35. The van der Waals surface area contributed by atoms with E-state index >= 15 is 0 Å². The molecule has 1 aliphatic rings. The Morgan fingerprint density at radius 3 is 2.43 bits per heavy atom. The van der Waals surface area contributed by atoms with Crippen LogP contribution in [-0.2, 0) is 11.3 Å². The third-order valence-corrected chi connectivity index (χ3v) is 5.98. The van der Waals surface area contributed by atoms with Crippen molar-refractivity contribution < 1.29 is 9.59 Å². The highest BCUT2D eigenvalue weighted by Crippen LogP contribution is 2.34. The Balaban J connectivity index is 1.59. The molecule has 0 atom stereocenters. The van der Waals surface area contributed by atoms with Crippen LogP contribution in [0.25, 0.3) is 11.8 Å². The number of amides is 2. The molecule has 2 amide bonds. The third kappa shape index (κ3) is 3.94. The van der Waals surface area contributed by atoms with Gasteiger partial charge in [0.05, 0.1) is 11.4 Å². The maximum absolute atomic E-state index is 12.8. The highest BCUT2D eigenvalue weighted by atomic mass is 79.9. The lowest BCUT2D eigenvalue weighted by Gasteiger charge is -2.12. The molecule has 3 aromatic rings. The molecule has 4 rings (SSSR count). The molecular weight excluding hydrogens is 460 g/mol. The van der Waals surface area contributed by atoms with Gasteiger partial charge in [0, 0.05) is 27.1 Å². The molecule has 0 unspecified atom stereocenters. The molecule has 1 aliphatic heterocycles. The Kier molecular flexibility index (Phi) is 5.44. The normalized spacial score (nSPS) is 15.6. The van der Waals surface area contributed by atoms with Crippen LogP contribution < -0.4 is 0 Å². The van der Waals surface area contributed by atoms with Crippen LogP contribution in [0.15, 0.2) is 76.2 Å². The van der Waals surface area contributed by atoms with Gasteiger partial charge in [0.1, 0.15) is 0 Å². The number of rotatable bonds is 4. The predicted molar refractivity (Wildman–Crippen MR) is 116 cm³/mol. The molecule has 0 radical (unpaired) electrons. The summed E-state index contributed by atoms with van der Waals surface area (Å²) in [5.41, 5.74) is 2.66. The van der Waals surface area contributed by atoms with Crippen LogP contribution in [-0.4, -0.2) is 20.6 Å². The van der Waals surface area contributed by atoms with E-state index in [0.29, 0.717) is 9.93 Å². The molecule has 0 aliphatic carbocycles. The van der Waals surface area contributed by atoms with E-state index in [0.717, 1.165) is 33.2 Å². The summed E-state index contributed by atoms with van der Waals surface area (Å²) in [5, 5.41) is 0.347. The average molecular weight is 474 g/mol. The van der Waals surface area contributed by atoms with Crippen LogP contribution in [0.3, 0.4) is 0 Å². The summed E-state index contributed by atoms with van der Waals surface area (Å²) >= 11 is 10.3. The second kappa shape index (κ2) is 7.99. The van der Waals surface area contributed by atoms with Crippen molar-refractivity contribution in [1.82, 2.24) is 9.47 Å². The van der Waals surface area contributed by atoms with E-state index in [9.17, 15) is 9.59 Å². The minimum absolute atomic E-state index is 0.229. The van der Waals surface area contributed by atoms with Crippen molar-refractivity contribution in [2.75, 3.05) is 0 Å². The number of thioether (sulfide) groups is 1. The topological polar surface area (TPSA) is 42.3 Å². The fourth-order valence-corrected chi connectivity index (χ4v) is 4.10. The number of nitrogens with zero attached hydrogens (tertiary/aromatic N) is 2. The monoisotopic (exact) mass is 472 g/mol. The van der Waals surface area contributed by atoms with Gasteiger partial charge in [-0.3, -0.25) is 14.5 Å². The second-order valence-electron chi connectivity index (χ2n) is 6.17. The Labute approximate surface area is 179 Å². The molecule has 1 saturated heterocycles. The van der Waals surface area contributed by atoms with Crippen molar-refractivity contribution in [2.45, 2.75) is 6.54 Å². The fraction of sp³-hybridized carbons (Fsp3) is 0.0476. The van der Waals surface area contributed by atoms with Crippen LogP contribution >= 0.6 is 39.3 Å². The van der Waals surface area contributed by atoms with E-state index in [1.165, 1.54) is 4.90 Å². The summed E-state index contributed by atoms with van der Waals surface area (Å²) < 4.78 is 2.97. The van der Waals surface area contributed by atoms with E-state index in [1.54, 1.807) is 18.2 Å². The Morgan fingerprint density at radius 1 is 1.00 bits per heavy atom. The van der Waals surface area contributed by atoms with Crippen molar-refractivity contribution in [3.8, 4) is 5.69 Å². The lowest BCUT2D eigenvalue weighted by atomic mass is 10.2. The zero-order chi connectivity index (χ0) is 19.7. The number of benzene rings is 2. The quantitative estimate of drug-likeness (QED) is 0.428. The summed E-state index contributed by atoms with van der Waals surface area (Å²) in [6.07, 6.45) is 3.68. The van der Waals surface area contributed by atoms with Gasteiger partial charge in [-0.2, -0.15) is 0 Å². The number of halogens is 2. The summed E-state index contributed by atoms with van der Waals surface area (Å²) in [6.45, 7) is 0.229. The van der Waals surface area contributed by atoms with Crippen LogP contribution in [0.2, 0.25) is 5.02 Å². The van der Waals surface area contributed by atoms with Gasteiger partial charge in [0.15, 0.2) is 0 Å². The molecule has 1 fully saturated rings. The molecule has 0 N–H and O–H groups in total. The Morgan fingerprint density at radius 2 is 1.71 bits per heavy atom. The van der Waals surface area contributed by atoms with Crippen LogP contribution in [0.4, 0.5) is 4.79 Å². The van der Waals surface area contributed by atoms with Crippen LogP contribution in [0.5, 0.6) is 0 Å². The minimum atomic E-state index is -0.284. The molecule has 0 spiro atoms. The second-order valence-corrected chi connectivity index (χ2v) is 8.52. The van der Waals surface area contributed by atoms with Crippen LogP contribution in [0, 0.1) is 0 Å². The number of hydrogen-bond donors (Lipinski definition) is 0. The first-order valence-electron chi connectivity index (χ1n) is 8.44. The average Bonchev–Trinajstić information content (AvgIpc) is 3.24. The number of imide groups is 1. The van der Waals surface area contributed by atoms with Crippen LogP contribution in [0.1, 0.15) is 11.3 Å². The van der Waals surface area contributed by atoms with E-state index in [-0.39, 0.29) is 17.7 Å². The first kappa shape index (κ1) is 19.1. The Bertz CT molecular complexity index is 1070. The van der Waals surface area contributed by atoms with Gasteiger partial charge in [-0.25, -0.2) is 0 Å². The molecule has 0 saturated carbocycles. The molecular formula is C21H14BrClN2O2S. The number of carbonyl (C=O) groups excluding carboxylic acids is 2. The summed E-state index contributed by atoms with van der Waals surface area (Å²) in [4.78, 5) is 26.8. The van der Waals surface area contributed by atoms with Crippen molar-refractivity contribution >= 4 is 56.5 Å². The predicted octanol–water partition coefficient (Wildman–Crippen LogP) is 6.13. The van der Waals surface area contributed by atoms with Crippen molar-refractivity contribution in [3.05, 3.63) is 92.5 Å². The molecule has 28 heavy (non-hydrogen) atoms. The zero-order valence-electron chi connectivity index (χ0n) is 14.5. The molecule has 7 heteroatoms. The van der Waals surface area contributed by atoms with Crippen molar-refractivity contribution in [1.29, 1.82) is 0 Å². The molecule has 0 bridgehead atoms. The molecule has 1 aromatic heterocycles. The smallest absolute Gasteiger partial charge is 0.293 e. The summed E-state index contributed by atoms with van der Waals surface area (Å²) in [7, 11) is 0. The first-order chi connectivity index (χ1) is 13.5. The van der Waals surface area contributed by atoms with Gasteiger partial charge in [-0.1, -0.05) is 39.7 Å². The van der Waals surface area contributed by atoms with Crippen molar-refractivity contribution in [3.63, 3.8) is 0 Å². The lowest BCUT2D eigenvalue weighted by molar-refractivity contribution is -0.123. The van der Waals surface area contributed by atoms with Gasteiger partial charge in [0.25, 0.3) is 11.1 Å². The van der Waals surface area contributed by atoms with Gasteiger partial charge in [0.2, 0.25) is 0 Å². The SMILES string of the molecule is O=C1S/C(=C/c2cccn2-c2ccc(Br)cc2)C(=O)N1Cc1ccc(Cl)cc1. The number of aromatic nitrogens is 1. The fourth-order valence-electron chi connectivity index (χ4n) is 2.89. The molecule has 2 aromatic carbocycles. The van der Waals surface area contributed by atoms with E-state index in [2.05, 4.69) is 15.9 Å². The van der Waals surface area contributed by atoms with Gasteiger partial charge in [-0.05, 0) is 71.9 Å². The molecule has 4 nitrogen and oxygen atoms in total. The minimum Gasteiger partial charge on any atom is -0.317 e. The summed E-state index contributed by atoms with van der Waals surface area (Å²) in [5.74, 6) is -0.284. The largest absolute Gasteiger partial charge is 0.317 e. The lowest BCUT2D eigenvalue weighted by Crippen LogP contribution is -2.27. The standard InChI is InChI=1S/C21H14BrClN2O2S/c22-15-5-9-17(10-6-15)24-11-1-2-18(24)12-19-20(26)25(21(27)28-19)13-14-3-7-16(23)8-4-14/h1-12H,13H2/b19-12+. The van der Waals surface area contributed by atoms with Gasteiger partial charge >= 0.3 is 0 Å². The highest BCUT2D eigenvalue weighted by molar-refractivity contribution is 9.10. The Hall–Kier alpha value is -2.28. The molecule has 140 valence electrons. The third-order valence-electron chi connectivity index (χ3n) is 4.29. The van der Waals surface area contributed by atoms with E-state index in [1.807, 2.05) is 59.3 Å². The number of hydrogen-bond acceptors (Lipinski definition) is 3. The van der Waals surface area contributed by atoms with E-state index < -0.39 is 0 Å². The molecule has 2 heterocycles. The van der Waals surface area contributed by atoms with Gasteiger partial charge < -0.3 is 4.57 Å². The van der Waals surface area contributed by atoms with E-state index in [4.69, 9.17) is 11.6 Å². The van der Waals surface area contributed by atoms with Crippen molar-refractivity contribution in [2.24, 2.45) is 0 Å². The maximum atomic E-state index is 12.8. The first-order valence-corrected chi connectivity index (χ1v) is 10.4. The van der Waals surface area contributed by atoms with Gasteiger partial charge in [-0.15, -0.1) is 0 Å². The number of carbonyl (C=O) groups is 2. The zero-order valence-corrected chi connectivity index (χ0v) is 17.7. The summed E-state index contributed by atoms with van der Waals surface area (Å²) in [6, 6.07) is 18.8.